The maximum Gasteiger partial charge on any atom is 0.140 e. The fourth-order valence-corrected chi connectivity index (χ4v) is 1.65. The van der Waals surface area contributed by atoms with E-state index in [0.29, 0.717) is 6.54 Å². The third-order valence-corrected chi connectivity index (χ3v) is 2.55. The number of furan rings is 1. The van der Waals surface area contributed by atoms with E-state index in [1.54, 1.807) is 11.0 Å². The first-order chi connectivity index (χ1) is 7.66. The molecule has 0 fully saturated rings. The first-order valence-electron chi connectivity index (χ1n) is 5.26. The Morgan fingerprint density at radius 1 is 1.38 bits per heavy atom. The largest absolute Gasteiger partial charge is 0.466 e. The van der Waals surface area contributed by atoms with Crippen molar-refractivity contribution >= 4 is 0 Å². The average molecular weight is 220 g/mol. The molecule has 86 valence electrons. The van der Waals surface area contributed by atoms with E-state index in [9.17, 15) is 0 Å². The van der Waals surface area contributed by atoms with Gasteiger partial charge in [0, 0.05) is 19.2 Å². The lowest BCUT2D eigenvalue weighted by atomic mass is 10.2. The van der Waals surface area contributed by atoms with Gasteiger partial charge in [-0.05, 0) is 19.9 Å². The van der Waals surface area contributed by atoms with Gasteiger partial charge in [0.1, 0.15) is 23.7 Å². The van der Waals surface area contributed by atoms with E-state index in [-0.39, 0.29) is 0 Å². The minimum absolute atomic E-state index is 0.708. The maximum atomic E-state index is 5.45. The third kappa shape index (κ3) is 2.30. The third-order valence-electron chi connectivity index (χ3n) is 2.55. The van der Waals surface area contributed by atoms with E-state index in [0.717, 1.165) is 23.9 Å². The van der Waals surface area contributed by atoms with E-state index >= 15 is 0 Å². The zero-order valence-electron chi connectivity index (χ0n) is 9.82. The Morgan fingerprint density at radius 2 is 2.19 bits per heavy atom. The second-order valence-electron chi connectivity index (χ2n) is 3.84. The SMILES string of the molecule is Cc1cc(CNCc2ncnn2C)c(C)o1. The number of nitrogens with zero attached hydrogens (tertiary/aromatic N) is 3. The van der Waals surface area contributed by atoms with Crippen molar-refractivity contribution < 1.29 is 4.42 Å². The minimum atomic E-state index is 0.708. The van der Waals surface area contributed by atoms with Crippen LogP contribution in [0.2, 0.25) is 0 Å². The quantitative estimate of drug-likeness (QED) is 0.844. The van der Waals surface area contributed by atoms with Gasteiger partial charge in [0.25, 0.3) is 0 Å². The fraction of sp³-hybridized carbons (Fsp3) is 0.455. The van der Waals surface area contributed by atoms with Crippen molar-refractivity contribution in [2.45, 2.75) is 26.9 Å². The number of hydrogen-bond donors (Lipinski definition) is 1. The van der Waals surface area contributed by atoms with Crippen LogP contribution in [0, 0.1) is 13.8 Å². The molecule has 5 nitrogen and oxygen atoms in total. The molecule has 0 saturated heterocycles. The van der Waals surface area contributed by atoms with Crippen molar-refractivity contribution in [3.8, 4) is 0 Å². The second kappa shape index (κ2) is 4.49. The summed E-state index contributed by atoms with van der Waals surface area (Å²) in [5.41, 5.74) is 1.19. The Balaban J connectivity index is 1.89. The summed E-state index contributed by atoms with van der Waals surface area (Å²) in [6.45, 7) is 5.43. The van der Waals surface area contributed by atoms with Crippen LogP contribution in [0.3, 0.4) is 0 Å². The number of nitrogens with one attached hydrogen (secondary N) is 1. The molecule has 2 heterocycles. The summed E-state index contributed by atoms with van der Waals surface area (Å²) in [6.07, 6.45) is 1.56. The molecular formula is C11H16N4O. The van der Waals surface area contributed by atoms with Crippen molar-refractivity contribution in [1.29, 1.82) is 0 Å². The van der Waals surface area contributed by atoms with Gasteiger partial charge in [0.15, 0.2) is 0 Å². The van der Waals surface area contributed by atoms with Gasteiger partial charge in [-0.1, -0.05) is 0 Å². The van der Waals surface area contributed by atoms with Crippen molar-refractivity contribution in [3.05, 3.63) is 35.3 Å². The highest BCUT2D eigenvalue weighted by Crippen LogP contribution is 2.13. The molecule has 0 aromatic carbocycles. The predicted molar refractivity (Wildman–Crippen MR) is 59.7 cm³/mol. The van der Waals surface area contributed by atoms with Crippen molar-refractivity contribution in [3.63, 3.8) is 0 Å². The lowest BCUT2D eigenvalue weighted by Crippen LogP contribution is -2.16. The average Bonchev–Trinajstić information content (AvgIpc) is 2.75. The van der Waals surface area contributed by atoms with Crippen LogP contribution in [-0.2, 0) is 20.1 Å². The Labute approximate surface area is 94.5 Å². The maximum absolute atomic E-state index is 5.45. The van der Waals surface area contributed by atoms with E-state index in [1.807, 2.05) is 20.9 Å². The van der Waals surface area contributed by atoms with E-state index < -0.39 is 0 Å². The standard InChI is InChI=1S/C11H16N4O/c1-8-4-10(9(2)16-8)5-12-6-11-13-7-14-15(11)3/h4,7,12H,5-6H2,1-3H3. The molecule has 0 unspecified atom stereocenters. The molecule has 5 heteroatoms. The smallest absolute Gasteiger partial charge is 0.140 e. The molecule has 0 aliphatic heterocycles. The number of rotatable bonds is 4. The van der Waals surface area contributed by atoms with Crippen LogP contribution in [0.15, 0.2) is 16.8 Å². The van der Waals surface area contributed by atoms with Crippen LogP contribution < -0.4 is 5.32 Å². The Bertz CT molecular complexity index is 472. The lowest BCUT2D eigenvalue weighted by molar-refractivity contribution is 0.498. The summed E-state index contributed by atoms with van der Waals surface area (Å²) < 4.78 is 7.22. The van der Waals surface area contributed by atoms with Crippen LogP contribution >= 0.6 is 0 Å². The summed E-state index contributed by atoms with van der Waals surface area (Å²) in [7, 11) is 1.89. The molecule has 0 aliphatic carbocycles. The highest BCUT2D eigenvalue weighted by Gasteiger charge is 2.05. The van der Waals surface area contributed by atoms with Gasteiger partial charge in [-0.25, -0.2) is 4.98 Å². The monoisotopic (exact) mass is 220 g/mol. The van der Waals surface area contributed by atoms with Crippen LogP contribution in [0.1, 0.15) is 22.9 Å². The van der Waals surface area contributed by atoms with Crippen molar-refractivity contribution in [1.82, 2.24) is 20.1 Å². The molecule has 16 heavy (non-hydrogen) atoms. The fourth-order valence-electron chi connectivity index (χ4n) is 1.65. The molecule has 2 aromatic heterocycles. The lowest BCUT2D eigenvalue weighted by Gasteiger charge is -2.02. The Morgan fingerprint density at radius 3 is 2.75 bits per heavy atom. The molecule has 0 atom stereocenters. The summed E-state index contributed by atoms with van der Waals surface area (Å²) >= 11 is 0. The van der Waals surface area contributed by atoms with Crippen molar-refractivity contribution in [2.75, 3.05) is 0 Å². The molecule has 0 saturated carbocycles. The molecule has 0 radical (unpaired) electrons. The first-order valence-corrected chi connectivity index (χ1v) is 5.26. The molecule has 0 bridgehead atoms. The second-order valence-corrected chi connectivity index (χ2v) is 3.84. The molecule has 1 N–H and O–H groups in total. The molecule has 2 aromatic rings. The summed E-state index contributed by atoms with van der Waals surface area (Å²) in [5, 5.41) is 7.33. The zero-order valence-corrected chi connectivity index (χ0v) is 9.82. The Hall–Kier alpha value is -1.62. The van der Waals surface area contributed by atoms with E-state index in [1.165, 1.54) is 5.56 Å². The zero-order chi connectivity index (χ0) is 11.5. The van der Waals surface area contributed by atoms with Crippen LogP contribution in [-0.4, -0.2) is 14.8 Å². The van der Waals surface area contributed by atoms with E-state index in [2.05, 4.69) is 21.5 Å². The van der Waals surface area contributed by atoms with Crippen molar-refractivity contribution in [2.24, 2.45) is 7.05 Å². The molecule has 0 spiro atoms. The molecule has 2 rings (SSSR count). The normalized spacial score (nSPS) is 10.9. The molecule has 0 aliphatic rings. The van der Waals surface area contributed by atoms with Gasteiger partial charge in [-0.15, -0.1) is 0 Å². The molecule has 0 amide bonds. The highest BCUT2D eigenvalue weighted by atomic mass is 16.3. The Kier molecular flexibility index (Phi) is 3.05. The number of aromatic nitrogens is 3. The van der Waals surface area contributed by atoms with E-state index in [4.69, 9.17) is 4.42 Å². The van der Waals surface area contributed by atoms with Crippen LogP contribution in [0.25, 0.3) is 0 Å². The summed E-state index contributed by atoms with van der Waals surface area (Å²) in [6, 6.07) is 2.05. The number of hydrogen-bond acceptors (Lipinski definition) is 4. The number of aryl methyl sites for hydroxylation is 3. The van der Waals surface area contributed by atoms with Gasteiger partial charge in [-0.3, -0.25) is 4.68 Å². The van der Waals surface area contributed by atoms with Gasteiger partial charge >= 0.3 is 0 Å². The predicted octanol–water partition coefficient (Wildman–Crippen LogP) is 1.31. The van der Waals surface area contributed by atoms with Gasteiger partial charge in [0.2, 0.25) is 0 Å². The summed E-state index contributed by atoms with van der Waals surface area (Å²) in [5.74, 6) is 2.86. The van der Waals surface area contributed by atoms with Crippen LogP contribution in [0.5, 0.6) is 0 Å². The van der Waals surface area contributed by atoms with Gasteiger partial charge in [0.05, 0.1) is 6.54 Å². The molecular weight excluding hydrogens is 204 g/mol. The van der Waals surface area contributed by atoms with Gasteiger partial charge in [-0.2, -0.15) is 5.10 Å². The summed E-state index contributed by atoms with van der Waals surface area (Å²) in [4.78, 5) is 4.14. The van der Waals surface area contributed by atoms with Crippen LogP contribution in [0.4, 0.5) is 0 Å². The highest BCUT2D eigenvalue weighted by molar-refractivity contribution is 5.19. The minimum Gasteiger partial charge on any atom is -0.466 e. The first kappa shape index (κ1) is 10.9. The topological polar surface area (TPSA) is 55.9 Å². The van der Waals surface area contributed by atoms with Gasteiger partial charge < -0.3 is 9.73 Å².